The normalized spacial score (nSPS) is 14.2. The summed E-state index contributed by atoms with van der Waals surface area (Å²) in [5, 5.41) is 7.60. The summed E-state index contributed by atoms with van der Waals surface area (Å²) in [4.78, 5) is 30.7. The average Bonchev–Trinajstić information content (AvgIpc) is 2.72. The fourth-order valence-electron chi connectivity index (χ4n) is 1.56. The van der Waals surface area contributed by atoms with Crippen LogP contribution in [0.5, 0.6) is 0 Å². The van der Waals surface area contributed by atoms with Gasteiger partial charge in [0.2, 0.25) is 0 Å². The van der Waals surface area contributed by atoms with Crippen molar-refractivity contribution >= 4 is 17.9 Å². The van der Waals surface area contributed by atoms with Gasteiger partial charge in [0.25, 0.3) is 0 Å². The van der Waals surface area contributed by atoms with Gasteiger partial charge < -0.3 is 14.6 Å². The highest BCUT2D eigenvalue weighted by Crippen LogP contribution is 2.64. The van der Waals surface area contributed by atoms with E-state index in [-0.39, 0.29) is 0 Å². The largest absolute Gasteiger partial charge is 0.478 e. The molecule has 6 nitrogen and oxygen atoms in total. The number of carbonyl (C=O) groups is 3. The van der Waals surface area contributed by atoms with Crippen molar-refractivity contribution in [3.63, 3.8) is 0 Å². The van der Waals surface area contributed by atoms with Gasteiger partial charge >= 0.3 is 65.7 Å². The lowest BCUT2D eigenvalue weighted by Crippen LogP contribution is -2.74. The van der Waals surface area contributed by atoms with Crippen LogP contribution < -0.4 is 0 Å². The molecule has 38 heavy (non-hydrogen) atoms. The number of rotatable bonds is 9. The van der Waals surface area contributed by atoms with E-state index in [1.807, 2.05) is 0 Å². The van der Waals surface area contributed by atoms with Crippen molar-refractivity contribution in [1.82, 2.24) is 0 Å². The molecule has 0 bridgehead atoms. The van der Waals surface area contributed by atoms with Crippen LogP contribution in [-0.4, -0.2) is 77.4 Å². The molecule has 0 atom stereocenters. The van der Waals surface area contributed by atoms with Gasteiger partial charge in [-0.2, -0.15) is 74.6 Å². The van der Waals surface area contributed by atoms with Gasteiger partial charge in [-0.1, -0.05) is 6.58 Å². The topological polar surface area (TPSA) is 89.9 Å². The molecule has 0 saturated heterocycles. The van der Waals surface area contributed by atoms with E-state index in [2.05, 4.69) is 16.1 Å². The molecule has 0 aliphatic heterocycles. The Kier molecular flexibility index (Phi) is 10.7. The fraction of sp³-hybridized carbons (Fsp3) is 0.667. The summed E-state index contributed by atoms with van der Waals surface area (Å²) in [5.74, 6) is -58.5. The number of esters is 2. The maximum Gasteiger partial charge on any atom is 0.473 e. The molecule has 0 aromatic rings. The Morgan fingerprint density at radius 3 is 1.18 bits per heavy atom. The molecule has 0 rings (SSSR count). The van der Waals surface area contributed by atoms with Crippen LogP contribution in [0.25, 0.3) is 0 Å². The van der Waals surface area contributed by atoms with Gasteiger partial charge in [0.1, 0.15) is 0 Å². The van der Waals surface area contributed by atoms with Crippen LogP contribution in [0.3, 0.4) is 0 Å². The van der Waals surface area contributed by atoms with Crippen molar-refractivity contribution in [2.75, 3.05) is 6.61 Å². The van der Waals surface area contributed by atoms with Crippen molar-refractivity contribution in [3.8, 4) is 0 Å². The number of carboxylic acids is 1. The predicted octanol–water partition coefficient (Wildman–Crippen LogP) is 5.32. The van der Waals surface area contributed by atoms with Crippen molar-refractivity contribution in [3.05, 3.63) is 12.7 Å². The first-order chi connectivity index (χ1) is 16.4. The number of hydrogen-bond donors (Lipinski definition) is 1. The van der Waals surface area contributed by atoms with Gasteiger partial charge in [-0.05, 0) is 6.92 Å². The quantitative estimate of drug-likeness (QED) is 0.165. The lowest BCUT2D eigenvalue weighted by molar-refractivity contribution is -0.473. The Morgan fingerprint density at radius 1 is 0.632 bits per heavy atom. The number of alkyl halides is 17. The summed E-state index contributed by atoms with van der Waals surface area (Å²) < 4.78 is 225. The second-order valence-electron chi connectivity index (χ2n) is 6.11. The third-order valence-corrected chi connectivity index (χ3v) is 3.53. The first-order valence-electron chi connectivity index (χ1n) is 8.35. The van der Waals surface area contributed by atoms with Crippen molar-refractivity contribution < 1.29 is 104 Å². The minimum atomic E-state index is -8.82. The second kappa shape index (κ2) is 11.0. The SMILES string of the molecule is C=CC(=O)O.CCOC(=O)C(=O)OC(F)(F)C(F)(F)C(F)(F)C(F)(F)C(F)(F)C(F)(F)C(F)(F)C(F)(F)F. The molecule has 0 amide bonds. The summed E-state index contributed by atoms with van der Waals surface area (Å²) in [6.07, 6.45) is -14.5. The fourth-order valence-corrected chi connectivity index (χ4v) is 1.56. The maximum absolute atomic E-state index is 13.4. The zero-order valence-electron chi connectivity index (χ0n) is 17.4. The molecular formula is C15H9F17O6. The molecule has 0 unspecified atom stereocenters. The van der Waals surface area contributed by atoms with Crippen molar-refractivity contribution in [1.29, 1.82) is 0 Å². The minimum absolute atomic E-state index is 0.825. The molecule has 0 aliphatic carbocycles. The summed E-state index contributed by atoms with van der Waals surface area (Å²) in [6, 6.07) is 0. The number of halogens is 17. The van der Waals surface area contributed by atoms with E-state index in [0.717, 1.165) is 13.0 Å². The Balaban J connectivity index is 0. The number of carbonyl (C=O) groups excluding carboxylic acids is 2. The van der Waals surface area contributed by atoms with E-state index < -0.39 is 72.3 Å². The smallest absolute Gasteiger partial charge is 0.473 e. The van der Waals surface area contributed by atoms with Gasteiger partial charge in [0.05, 0.1) is 6.61 Å². The summed E-state index contributed by atoms with van der Waals surface area (Å²) in [6.45, 7) is 2.88. The lowest BCUT2D eigenvalue weighted by Gasteiger charge is -2.42. The molecular weight excluding hydrogens is 599 g/mol. The second-order valence-corrected chi connectivity index (χ2v) is 6.11. The van der Waals surface area contributed by atoms with E-state index in [4.69, 9.17) is 5.11 Å². The Labute approximate surface area is 196 Å². The first kappa shape index (κ1) is 37.1. The van der Waals surface area contributed by atoms with Gasteiger partial charge in [-0.25, -0.2) is 14.4 Å². The average molecular weight is 608 g/mol. The van der Waals surface area contributed by atoms with Gasteiger partial charge in [0, 0.05) is 6.08 Å². The molecule has 0 heterocycles. The van der Waals surface area contributed by atoms with Crippen LogP contribution in [0.15, 0.2) is 12.7 Å². The van der Waals surface area contributed by atoms with Gasteiger partial charge in [-0.15, -0.1) is 0 Å². The van der Waals surface area contributed by atoms with Crippen LogP contribution >= 0.6 is 0 Å². The zero-order chi connectivity index (χ0) is 31.6. The lowest BCUT2D eigenvalue weighted by atomic mass is 9.90. The van der Waals surface area contributed by atoms with Crippen LogP contribution in [0, 0.1) is 0 Å². The van der Waals surface area contributed by atoms with Crippen LogP contribution in [0.4, 0.5) is 74.6 Å². The van der Waals surface area contributed by atoms with Crippen molar-refractivity contribution in [2.45, 2.75) is 54.7 Å². The monoisotopic (exact) mass is 608 g/mol. The van der Waals surface area contributed by atoms with Gasteiger partial charge in [0.15, 0.2) is 0 Å². The van der Waals surface area contributed by atoms with Crippen LogP contribution in [0.2, 0.25) is 0 Å². The maximum atomic E-state index is 13.4. The third-order valence-electron chi connectivity index (χ3n) is 3.53. The molecule has 0 radical (unpaired) electrons. The Hall–Kier alpha value is -3.04. The van der Waals surface area contributed by atoms with E-state index >= 15 is 0 Å². The minimum Gasteiger partial charge on any atom is -0.478 e. The molecule has 224 valence electrons. The molecule has 0 spiro atoms. The highest BCUT2D eigenvalue weighted by molar-refractivity contribution is 6.29. The van der Waals surface area contributed by atoms with Crippen LogP contribution in [-0.2, 0) is 23.9 Å². The summed E-state index contributed by atoms with van der Waals surface area (Å²) in [7, 11) is 0. The van der Waals surface area contributed by atoms with E-state index in [9.17, 15) is 89.0 Å². The standard InChI is InChI=1S/C12H5F17O4.C3H4O2/c1-2-32-3(30)4(31)33-12(28,29)10(23,24)8(19,20)6(15,16)5(13,14)7(17,18)9(21,22)11(25,26)27;1-2-3(4)5/h2H2,1H3;2H,1H2,(H,4,5). The van der Waals surface area contributed by atoms with E-state index in [1.165, 1.54) is 0 Å². The molecule has 1 N–H and O–H groups in total. The molecule has 0 aromatic heterocycles. The molecule has 0 aliphatic rings. The van der Waals surface area contributed by atoms with E-state index in [0.29, 0.717) is 0 Å². The van der Waals surface area contributed by atoms with Crippen LogP contribution in [0.1, 0.15) is 6.92 Å². The zero-order valence-corrected chi connectivity index (χ0v) is 17.4. The number of carboxylic acid groups (broad SMARTS) is 1. The molecule has 0 aromatic carbocycles. The molecule has 23 heteroatoms. The van der Waals surface area contributed by atoms with E-state index in [1.54, 1.807) is 0 Å². The van der Waals surface area contributed by atoms with Crippen molar-refractivity contribution in [2.24, 2.45) is 0 Å². The first-order valence-corrected chi connectivity index (χ1v) is 8.35. The Bertz CT molecular complexity index is 893. The highest BCUT2D eigenvalue weighted by atomic mass is 19.4. The number of aliphatic carboxylic acids is 1. The summed E-state index contributed by atoms with van der Waals surface area (Å²) >= 11 is 0. The number of hydrogen-bond acceptors (Lipinski definition) is 5. The van der Waals surface area contributed by atoms with Gasteiger partial charge in [-0.3, -0.25) is 0 Å². The molecule has 0 saturated carbocycles. The predicted molar refractivity (Wildman–Crippen MR) is 81.2 cm³/mol. The summed E-state index contributed by atoms with van der Waals surface area (Å²) in [5.41, 5.74) is 0. The molecule has 0 fully saturated rings. The Morgan fingerprint density at radius 2 is 0.921 bits per heavy atom. The highest BCUT2D eigenvalue weighted by Gasteiger charge is 2.96. The third kappa shape index (κ3) is 6.15. The number of ether oxygens (including phenoxy) is 2.